The molecule has 1 nitrogen and oxygen atoms in total. The quantitative estimate of drug-likeness (QED) is 0.728. The molecular weight excluding hydrogens is 278 g/mol. The number of hydrogen-bond acceptors (Lipinski definition) is 1. The molecule has 2 aromatic rings. The molecule has 4 rings (SSSR count). The summed E-state index contributed by atoms with van der Waals surface area (Å²) in [6, 6.07) is 24.2. The van der Waals surface area contributed by atoms with Crippen LogP contribution in [0.5, 0.6) is 0 Å². The summed E-state index contributed by atoms with van der Waals surface area (Å²) in [6.07, 6.45) is 6.91. The predicted molar refractivity (Wildman–Crippen MR) is 96.4 cm³/mol. The van der Waals surface area contributed by atoms with Gasteiger partial charge in [-0.1, -0.05) is 74.0 Å². The van der Waals surface area contributed by atoms with Gasteiger partial charge in [0, 0.05) is 12.1 Å². The molecule has 1 heteroatoms. The summed E-state index contributed by atoms with van der Waals surface area (Å²) >= 11 is 0. The minimum absolute atomic E-state index is 0.424. The largest absolute Gasteiger partial charge is 0.286 e. The summed E-state index contributed by atoms with van der Waals surface area (Å²) in [5, 5.41) is 0. The zero-order chi connectivity index (χ0) is 15.6. The Morgan fingerprint density at radius 3 is 1.74 bits per heavy atom. The number of rotatable bonds is 4. The Labute approximate surface area is 140 Å². The molecule has 2 unspecified atom stereocenters. The van der Waals surface area contributed by atoms with E-state index in [1.165, 1.54) is 43.2 Å². The summed E-state index contributed by atoms with van der Waals surface area (Å²) < 4.78 is 0. The topological polar surface area (TPSA) is 3.24 Å². The maximum absolute atomic E-state index is 2.86. The molecular formula is C22H27N. The van der Waals surface area contributed by atoms with Crippen molar-refractivity contribution >= 4 is 0 Å². The van der Waals surface area contributed by atoms with Gasteiger partial charge in [0.2, 0.25) is 0 Å². The molecule has 2 saturated heterocycles. The number of hydrogen-bond donors (Lipinski definition) is 0. The van der Waals surface area contributed by atoms with Crippen LogP contribution >= 0.6 is 0 Å². The smallest absolute Gasteiger partial charge is 0.0606 e. The van der Waals surface area contributed by atoms with Crippen molar-refractivity contribution in [2.75, 3.05) is 0 Å². The van der Waals surface area contributed by atoms with E-state index in [4.69, 9.17) is 0 Å². The van der Waals surface area contributed by atoms with Crippen LogP contribution in [0, 0.1) is 5.92 Å². The van der Waals surface area contributed by atoms with E-state index in [0.717, 1.165) is 18.0 Å². The first-order valence-corrected chi connectivity index (χ1v) is 9.24. The lowest BCUT2D eigenvalue weighted by atomic mass is 9.85. The average molecular weight is 305 g/mol. The van der Waals surface area contributed by atoms with Gasteiger partial charge in [0.25, 0.3) is 0 Å². The van der Waals surface area contributed by atoms with Crippen LogP contribution in [0.4, 0.5) is 0 Å². The second-order valence-electron chi connectivity index (χ2n) is 7.30. The lowest BCUT2D eigenvalue weighted by Crippen LogP contribution is -2.45. The monoisotopic (exact) mass is 305 g/mol. The normalized spacial score (nSPS) is 27.5. The lowest BCUT2D eigenvalue weighted by molar-refractivity contribution is 0.0729. The van der Waals surface area contributed by atoms with Gasteiger partial charge in [-0.05, 0) is 42.7 Å². The molecule has 0 spiro atoms. The highest BCUT2D eigenvalue weighted by Gasteiger charge is 2.44. The van der Waals surface area contributed by atoms with Gasteiger partial charge in [-0.2, -0.15) is 0 Å². The maximum Gasteiger partial charge on any atom is 0.0606 e. The Kier molecular flexibility index (Phi) is 4.22. The number of fused-ring (bicyclic) bond motifs is 2. The van der Waals surface area contributed by atoms with Crippen LogP contribution in [0.25, 0.3) is 0 Å². The van der Waals surface area contributed by atoms with Crippen LogP contribution in [-0.4, -0.2) is 17.0 Å². The van der Waals surface area contributed by atoms with Gasteiger partial charge in [0.15, 0.2) is 0 Å². The molecule has 2 aliphatic heterocycles. The molecule has 0 aliphatic carbocycles. The first kappa shape index (κ1) is 15.0. The minimum Gasteiger partial charge on any atom is -0.286 e. The van der Waals surface area contributed by atoms with Gasteiger partial charge >= 0.3 is 0 Å². The predicted octanol–water partition coefficient (Wildman–Crippen LogP) is 5.43. The van der Waals surface area contributed by atoms with Crippen molar-refractivity contribution in [3.8, 4) is 0 Å². The Balaban J connectivity index is 1.72. The first-order chi connectivity index (χ1) is 11.4. The molecule has 2 fully saturated rings. The third-order valence-corrected chi connectivity index (χ3v) is 5.99. The molecule has 2 bridgehead atoms. The van der Waals surface area contributed by atoms with E-state index < -0.39 is 0 Å². The third-order valence-electron chi connectivity index (χ3n) is 5.99. The van der Waals surface area contributed by atoms with Gasteiger partial charge in [-0.15, -0.1) is 0 Å². The molecule has 2 atom stereocenters. The second kappa shape index (κ2) is 6.49. The van der Waals surface area contributed by atoms with Crippen LogP contribution in [0.15, 0.2) is 60.7 Å². The molecule has 23 heavy (non-hydrogen) atoms. The fourth-order valence-electron chi connectivity index (χ4n) is 4.89. The van der Waals surface area contributed by atoms with Crippen molar-refractivity contribution < 1.29 is 0 Å². The van der Waals surface area contributed by atoms with E-state index in [-0.39, 0.29) is 0 Å². The Hall–Kier alpha value is -1.60. The summed E-state index contributed by atoms with van der Waals surface area (Å²) in [7, 11) is 0. The van der Waals surface area contributed by atoms with Crippen LogP contribution in [0.1, 0.15) is 56.2 Å². The fraction of sp³-hybridized carbons (Fsp3) is 0.455. The van der Waals surface area contributed by atoms with Gasteiger partial charge in [0.1, 0.15) is 0 Å². The molecule has 0 amide bonds. The Morgan fingerprint density at radius 1 is 0.826 bits per heavy atom. The molecule has 2 aromatic carbocycles. The molecule has 120 valence electrons. The van der Waals surface area contributed by atoms with E-state index in [1.807, 2.05) is 0 Å². The third kappa shape index (κ3) is 2.83. The van der Waals surface area contributed by atoms with Gasteiger partial charge in [-0.25, -0.2) is 0 Å². The zero-order valence-electron chi connectivity index (χ0n) is 14.1. The van der Waals surface area contributed by atoms with Gasteiger partial charge in [0.05, 0.1) is 6.04 Å². The molecule has 0 N–H and O–H groups in total. The highest BCUT2D eigenvalue weighted by molar-refractivity contribution is 5.33. The van der Waals surface area contributed by atoms with E-state index in [9.17, 15) is 0 Å². The van der Waals surface area contributed by atoms with Crippen molar-refractivity contribution in [3.05, 3.63) is 71.8 Å². The van der Waals surface area contributed by atoms with Gasteiger partial charge in [-0.3, -0.25) is 4.90 Å². The van der Waals surface area contributed by atoms with Crippen molar-refractivity contribution in [1.29, 1.82) is 0 Å². The summed E-state index contributed by atoms with van der Waals surface area (Å²) in [6.45, 7) is 2.37. The minimum atomic E-state index is 0.424. The summed E-state index contributed by atoms with van der Waals surface area (Å²) in [5.74, 6) is 0.941. The standard InChI is InChI=1S/C22H27N/c1-2-17-15-20-13-14-21(16-17)23(20)22(18-9-5-3-6-10-18)19-11-7-4-8-12-19/h3-12,17,20-22H,2,13-16H2,1H3. The highest BCUT2D eigenvalue weighted by atomic mass is 15.2. The van der Waals surface area contributed by atoms with Crippen molar-refractivity contribution in [3.63, 3.8) is 0 Å². The van der Waals surface area contributed by atoms with Crippen molar-refractivity contribution in [2.45, 2.75) is 57.2 Å². The van der Waals surface area contributed by atoms with Crippen LogP contribution in [0.3, 0.4) is 0 Å². The van der Waals surface area contributed by atoms with Gasteiger partial charge < -0.3 is 0 Å². The van der Waals surface area contributed by atoms with Crippen molar-refractivity contribution in [1.82, 2.24) is 4.90 Å². The van der Waals surface area contributed by atoms with E-state index in [2.05, 4.69) is 72.5 Å². The van der Waals surface area contributed by atoms with Crippen molar-refractivity contribution in [2.24, 2.45) is 5.92 Å². The fourth-order valence-corrected chi connectivity index (χ4v) is 4.89. The molecule has 2 aliphatic rings. The highest BCUT2D eigenvalue weighted by Crippen LogP contribution is 2.46. The zero-order valence-corrected chi connectivity index (χ0v) is 14.1. The molecule has 0 saturated carbocycles. The van der Waals surface area contributed by atoms with E-state index in [1.54, 1.807) is 0 Å². The SMILES string of the molecule is CCC1CC2CCC(C1)N2C(c1ccccc1)c1ccccc1. The van der Waals surface area contributed by atoms with E-state index >= 15 is 0 Å². The lowest BCUT2D eigenvalue weighted by Gasteiger charge is -2.44. The van der Waals surface area contributed by atoms with E-state index in [0.29, 0.717) is 6.04 Å². The maximum atomic E-state index is 2.86. The molecule has 2 heterocycles. The number of piperidine rings is 1. The molecule has 0 aromatic heterocycles. The number of nitrogens with zero attached hydrogens (tertiary/aromatic N) is 1. The first-order valence-electron chi connectivity index (χ1n) is 9.24. The number of benzene rings is 2. The van der Waals surface area contributed by atoms with Crippen LogP contribution in [-0.2, 0) is 0 Å². The second-order valence-corrected chi connectivity index (χ2v) is 7.30. The summed E-state index contributed by atoms with van der Waals surface area (Å²) in [4.78, 5) is 2.86. The molecule has 0 radical (unpaired) electrons. The average Bonchev–Trinajstić information content (AvgIpc) is 2.87. The summed E-state index contributed by atoms with van der Waals surface area (Å²) in [5.41, 5.74) is 2.90. The Bertz CT molecular complexity index is 567. The van der Waals surface area contributed by atoms with Crippen LogP contribution in [0.2, 0.25) is 0 Å². The Morgan fingerprint density at radius 2 is 1.30 bits per heavy atom. The van der Waals surface area contributed by atoms with Crippen LogP contribution < -0.4 is 0 Å².